The molecule has 0 radical (unpaired) electrons. The third-order valence-corrected chi connectivity index (χ3v) is 5.54. The molecule has 170 valence electrons. The van der Waals surface area contributed by atoms with Crippen molar-refractivity contribution in [1.82, 2.24) is 19.9 Å². The van der Waals surface area contributed by atoms with Crippen LogP contribution in [0, 0.1) is 29.6 Å². The van der Waals surface area contributed by atoms with Gasteiger partial charge in [0.1, 0.15) is 6.07 Å². The van der Waals surface area contributed by atoms with Crippen molar-refractivity contribution in [2.75, 3.05) is 5.32 Å². The molecule has 4 aromatic heterocycles. The number of anilines is 1. The van der Waals surface area contributed by atoms with Crippen LogP contribution in [0.15, 0.2) is 67.4 Å². The average molecular weight is 460 g/mol. The Morgan fingerprint density at radius 2 is 1.80 bits per heavy atom. The molecular weight excluding hydrogens is 438 g/mol. The Labute approximate surface area is 203 Å². The standard InChI is InChI=1S/C27H21N7O/c1-17-23(21-9-20(12-28)25(33-14-21)19-5-4-7-30-13-19)11-22(15-32-17)34-26(35)18-6-8-31-24(10-18)27(2,3)16-29/h4-11,13-15H,1-3H3,(H,34,35). The van der Waals surface area contributed by atoms with Crippen LogP contribution in [0.5, 0.6) is 0 Å². The Morgan fingerprint density at radius 1 is 0.971 bits per heavy atom. The number of nitrogens with zero attached hydrogens (tertiary/aromatic N) is 6. The number of hydrogen-bond donors (Lipinski definition) is 1. The van der Waals surface area contributed by atoms with Gasteiger partial charge in [0.2, 0.25) is 0 Å². The van der Waals surface area contributed by atoms with Crippen LogP contribution in [0.3, 0.4) is 0 Å². The summed E-state index contributed by atoms with van der Waals surface area (Å²) < 4.78 is 0. The summed E-state index contributed by atoms with van der Waals surface area (Å²) in [5.74, 6) is -0.346. The molecular formula is C27H21N7O. The summed E-state index contributed by atoms with van der Waals surface area (Å²) in [6, 6.07) is 14.8. The molecule has 0 aromatic carbocycles. The lowest BCUT2D eigenvalue weighted by molar-refractivity contribution is 0.102. The topological polar surface area (TPSA) is 128 Å². The van der Waals surface area contributed by atoms with Crippen LogP contribution in [0.1, 0.15) is 41.2 Å². The number of rotatable bonds is 5. The first-order chi connectivity index (χ1) is 16.8. The summed E-state index contributed by atoms with van der Waals surface area (Å²) in [5.41, 5.74) is 4.46. The number of aromatic nitrogens is 4. The number of carbonyl (C=O) groups excluding carboxylic acids is 1. The lowest BCUT2D eigenvalue weighted by atomic mass is 9.90. The van der Waals surface area contributed by atoms with E-state index in [9.17, 15) is 15.3 Å². The van der Waals surface area contributed by atoms with Gasteiger partial charge in [0.15, 0.2) is 0 Å². The number of nitrogens with one attached hydrogen (secondary N) is 1. The molecule has 4 heterocycles. The van der Waals surface area contributed by atoms with Crippen LogP contribution >= 0.6 is 0 Å². The number of pyridine rings is 4. The second-order valence-corrected chi connectivity index (χ2v) is 8.45. The second-order valence-electron chi connectivity index (χ2n) is 8.45. The normalized spacial score (nSPS) is 10.8. The molecule has 0 aliphatic rings. The van der Waals surface area contributed by atoms with Gasteiger partial charge in [0.25, 0.3) is 5.91 Å². The molecule has 0 bridgehead atoms. The third-order valence-electron chi connectivity index (χ3n) is 5.54. The van der Waals surface area contributed by atoms with Crippen molar-refractivity contribution in [3.8, 4) is 34.5 Å². The Kier molecular flexibility index (Phi) is 6.30. The molecule has 0 saturated carbocycles. The van der Waals surface area contributed by atoms with Crippen molar-refractivity contribution in [2.45, 2.75) is 26.2 Å². The summed E-state index contributed by atoms with van der Waals surface area (Å²) >= 11 is 0. The molecule has 8 nitrogen and oxygen atoms in total. The van der Waals surface area contributed by atoms with Gasteiger partial charge in [0, 0.05) is 52.7 Å². The molecule has 0 fully saturated rings. The van der Waals surface area contributed by atoms with E-state index in [1.54, 1.807) is 69.0 Å². The zero-order chi connectivity index (χ0) is 25.0. The van der Waals surface area contributed by atoms with Crippen LogP contribution in [-0.4, -0.2) is 25.8 Å². The summed E-state index contributed by atoms with van der Waals surface area (Å²) in [7, 11) is 0. The zero-order valence-corrected chi connectivity index (χ0v) is 19.4. The van der Waals surface area contributed by atoms with Crippen LogP contribution in [0.4, 0.5) is 5.69 Å². The van der Waals surface area contributed by atoms with Crippen molar-refractivity contribution in [1.29, 1.82) is 10.5 Å². The van der Waals surface area contributed by atoms with Crippen LogP contribution in [0.25, 0.3) is 22.4 Å². The summed E-state index contributed by atoms with van der Waals surface area (Å²) in [6.07, 6.45) is 8.09. The van der Waals surface area contributed by atoms with Crippen molar-refractivity contribution < 1.29 is 4.79 Å². The van der Waals surface area contributed by atoms with E-state index in [2.05, 4.69) is 37.4 Å². The van der Waals surface area contributed by atoms with E-state index in [4.69, 9.17) is 0 Å². The lowest BCUT2D eigenvalue weighted by Crippen LogP contribution is -2.18. The van der Waals surface area contributed by atoms with Gasteiger partial charge in [-0.05, 0) is 57.2 Å². The Hall–Kier alpha value is -4.95. The number of hydrogen-bond acceptors (Lipinski definition) is 7. The molecule has 1 amide bonds. The minimum atomic E-state index is -0.817. The van der Waals surface area contributed by atoms with Gasteiger partial charge in [-0.2, -0.15) is 10.5 Å². The van der Waals surface area contributed by atoms with Crippen LogP contribution in [0.2, 0.25) is 0 Å². The van der Waals surface area contributed by atoms with Crippen molar-refractivity contribution in [2.24, 2.45) is 0 Å². The Balaban J connectivity index is 1.64. The summed E-state index contributed by atoms with van der Waals surface area (Å²) in [5, 5.41) is 21.9. The molecule has 8 heteroatoms. The maximum atomic E-state index is 12.9. The molecule has 0 unspecified atom stereocenters. The van der Waals surface area contributed by atoms with Crippen LogP contribution in [-0.2, 0) is 5.41 Å². The van der Waals surface area contributed by atoms with Gasteiger partial charge in [-0.1, -0.05) is 0 Å². The van der Waals surface area contributed by atoms with E-state index in [0.717, 1.165) is 16.8 Å². The lowest BCUT2D eigenvalue weighted by Gasteiger charge is -2.15. The van der Waals surface area contributed by atoms with E-state index < -0.39 is 5.41 Å². The maximum Gasteiger partial charge on any atom is 0.255 e. The van der Waals surface area contributed by atoms with E-state index >= 15 is 0 Å². The highest BCUT2D eigenvalue weighted by atomic mass is 16.1. The number of carbonyl (C=O) groups is 1. The monoisotopic (exact) mass is 459 g/mol. The highest BCUT2D eigenvalue weighted by molar-refractivity contribution is 6.04. The predicted octanol–water partition coefficient (Wildman–Crippen LogP) is 4.83. The molecule has 4 aromatic rings. The van der Waals surface area contributed by atoms with Gasteiger partial charge in [-0.3, -0.25) is 24.7 Å². The van der Waals surface area contributed by atoms with Crippen molar-refractivity contribution >= 4 is 11.6 Å². The molecule has 0 atom stereocenters. The molecule has 0 aliphatic carbocycles. The Morgan fingerprint density at radius 3 is 2.51 bits per heavy atom. The first-order valence-corrected chi connectivity index (χ1v) is 10.8. The minimum absolute atomic E-state index is 0.346. The number of amides is 1. The molecule has 0 aliphatic heterocycles. The van der Waals surface area contributed by atoms with Crippen LogP contribution < -0.4 is 5.32 Å². The molecule has 0 spiro atoms. The first kappa shape index (κ1) is 23.2. The van der Waals surface area contributed by atoms with E-state index in [1.807, 2.05) is 13.0 Å². The number of aryl methyl sites for hydroxylation is 1. The minimum Gasteiger partial charge on any atom is -0.321 e. The molecule has 1 N–H and O–H groups in total. The molecule has 35 heavy (non-hydrogen) atoms. The summed E-state index contributed by atoms with van der Waals surface area (Å²) in [4.78, 5) is 30.2. The second kappa shape index (κ2) is 9.50. The van der Waals surface area contributed by atoms with Gasteiger partial charge in [-0.15, -0.1) is 0 Å². The van der Waals surface area contributed by atoms with Gasteiger partial charge in [0.05, 0.1) is 40.3 Å². The van der Waals surface area contributed by atoms with E-state index in [0.29, 0.717) is 33.8 Å². The van der Waals surface area contributed by atoms with Gasteiger partial charge >= 0.3 is 0 Å². The summed E-state index contributed by atoms with van der Waals surface area (Å²) in [6.45, 7) is 5.34. The van der Waals surface area contributed by atoms with Crippen molar-refractivity contribution in [3.63, 3.8) is 0 Å². The van der Waals surface area contributed by atoms with Gasteiger partial charge in [-0.25, -0.2) is 0 Å². The third kappa shape index (κ3) is 4.87. The SMILES string of the molecule is Cc1ncc(NC(=O)c2ccnc(C(C)(C)C#N)c2)cc1-c1cnc(-c2cccnc2)c(C#N)c1. The fourth-order valence-electron chi connectivity index (χ4n) is 3.50. The Bertz CT molecular complexity index is 1500. The quantitative estimate of drug-likeness (QED) is 0.452. The predicted molar refractivity (Wildman–Crippen MR) is 131 cm³/mol. The first-order valence-electron chi connectivity index (χ1n) is 10.8. The largest absolute Gasteiger partial charge is 0.321 e. The molecule has 4 rings (SSSR count). The van der Waals surface area contributed by atoms with E-state index in [1.165, 1.54) is 6.20 Å². The average Bonchev–Trinajstić information content (AvgIpc) is 2.90. The number of nitriles is 2. The highest BCUT2D eigenvalue weighted by Gasteiger charge is 2.22. The molecule has 0 saturated heterocycles. The fourth-order valence-corrected chi connectivity index (χ4v) is 3.50. The zero-order valence-electron chi connectivity index (χ0n) is 19.4. The fraction of sp³-hybridized carbons (Fsp3) is 0.148. The smallest absolute Gasteiger partial charge is 0.255 e. The van der Waals surface area contributed by atoms with Gasteiger partial charge < -0.3 is 5.32 Å². The van der Waals surface area contributed by atoms with Crippen molar-refractivity contribution in [3.05, 3.63) is 89.9 Å². The van der Waals surface area contributed by atoms with E-state index in [-0.39, 0.29) is 5.91 Å². The highest BCUT2D eigenvalue weighted by Crippen LogP contribution is 2.29. The maximum absolute atomic E-state index is 12.9.